The molecule has 0 N–H and O–H groups in total. The predicted octanol–water partition coefficient (Wildman–Crippen LogP) is 2.51. The fourth-order valence-electron chi connectivity index (χ4n) is 3.84. The van der Waals surface area contributed by atoms with Crippen LogP contribution in [-0.2, 0) is 0 Å². The van der Waals surface area contributed by atoms with Gasteiger partial charge in [-0.1, -0.05) is 6.92 Å². The van der Waals surface area contributed by atoms with E-state index in [1.165, 1.54) is 19.1 Å². The van der Waals surface area contributed by atoms with Gasteiger partial charge in [-0.3, -0.25) is 14.6 Å². The Kier molecular flexibility index (Phi) is 5.32. The minimum atomic E-state index is -0.125. The van der Waals surface area contributed by atoms with E-state index in [2.05, 4.69) is 16.8 Å². The zero-order valence-corrected chi connectivity index (χ0v) is 16.2. The first kappa shape index (κ1) is 18.5. The van der Waals surface area contributed by atoms with Gasteiger partial charge >= 0.3 is 0 Å². The van der Waals surface area contributed by atoms with E-state index in [0.29, 0.717) is 37.5 Å². The molecule has 2 aromatic heterocycles. The van der Waals surface area contributed by atoms with Gasteiger partial charge in [-0.15, -0.1) is 0 Å². The van der Waals surface area contributed by atoms with Gasteiger partial charge < -0.3 is 19.1 Å². The van der Waals surface area contributed by atoms with E-state index in [1.807, 2.05) is 12.3 Å². The Labute approximate surface area is 164 Å². The molecule has 7 heteroatoms. The third-order valence-electron chi connectivity index (χ3n) is 5.71. The van der Waals surface area contributed by atoms with Crippen LogP contribution < -0.4 is 4.90 Å². The van der Waals surface area contributed by atoms with Crippen LogP contribution in [0.3, 0.4) is 0 Å². The van der Waals surface area contributed by atoms with Gasteiger partial charge in [0.25, 0.3) is 11.8 Å². The molecule has 4 heterocycles. The lowest BCUT2D eigenvalue weighted by Gasteiger charge is -2.35. The Morgan fingerprint density at radius 3 is 2.32 bits per heavy atom. The van der Waals surface area contributed by atoms with E-state index in [-0.39, 0.29) is 11.8 Å². The second kappa shape index (κ2) is 8.04. The second-order valence-electron chi connectivity index (χ2n) is 7.66. The van der Waals surface area contributed by atoms with Crippen LogP contribution in [0.4, 0.5) is 5.69 Å². The molecule has 0 atom stereocenters. The van der Waals surface area contributed by atoms with Crippen molar-refractivity contribution in [3.05, 3.63) is 48.2 Å². The molecule has 2 fully saturated rings. The van der Waals surface area contributed by atoms with E-state index in [9.17, 15) is 9.59 Å². The Morgan fingerprint density at radius 2 is 1.68 bits per heavy atom. The lowest BCUT2D eigenvalue weighted by Crippen LogP contribution is -2.50. The van der Waals surface area contributed by atoms with Crippen molar-refractivity contribution in [2.75, 3.05) is 44.2 Å². The highest BCUT2D eigenvalue weighted by Crippen LogP contribution is 2.23. The summed E-state index contributed by atoms with van der Waals surface area (Å²) in [5, 5.41) is 0. The highest BCUT2D eigenvalue weighted by atomic mass is 16.3. The zero-order chi connectivity index (χ0) is 19.5. The number of piperidine rings is 1. The molecule has 0 bridgehead atoms. The number of aromatic nitrogens is 1. The lowest BCUT2D eigenvalue weighted by atomic mass is 9.99. The average molecular weight is 382 g/mol. The largest absolute Gasteiger partial charge is 0.459 e. The van der Waals surface area contributed by atoms with E-state index >= 15 is 0 Å². The van der Waals surface area contributed by atoms with Crippen LogP contribution in [0.2, 0.25) is 0 Å². The Morgan fingerprint density at radius 1 is 1.00 bits per heavy atom. The number of piperazine rings is 1. The number of carbonyl (C=O) groups excluding carboxylic acids is 2. The summed E-state index contributed by atoms with van der Waals surface area (Å²) in [4.78, 5) is 35.4. The molecule has 0 spiro atoms. The summed E-state index contributed by atoms with van der Waals surface area (Å²) in [6.07, 6.45) is 7.31. The third kappa shape index (κ3) is 3.88. The molecule has 7 nitrogen and oxygen atoms in total. The summed E-state index contributed by atoms with van der Waals surface area (Å²) < 4.78 is 5.18. The third-order valence-corrected chi connectivity index (χ3v) is 5.71. The first-order chi connectivity index (χ1) is 13.6. The van der Waals surface area contributed by atoms with Crippen molar-refractivity contribution in [3.8, 4) is 0 Å². The van der Waals surface area contributed by atoms with Crippen molar-refractivity contribution in [2.24, 2.45) is 5.92 Å². The van der Waals surface area contributed by atoms with E-state index in [4.69, 9.17) is 4.42 Å². The maximum absolute atomic E-state index is 12.9. The maximum Gasteiger partial charge on any atom is 0.289 e. The Bertz CT molecular complexity index is 820. The van der Waals surface area contributed by atoms with Crippen molar-refractivity contribution in [1.29, 1.82) is 0 Å². The Hall–Kier alpha value is -2.83. The average Bonchev–Trinajstić information content (AvgIpc) is 3.28. The molecule has 4 rings (SSSR count). The standard InChI is InChI=1S/C21H26N4O3/c1-16-4-6-23(7-5-16)18-13-17(14-22-15-18)20(26)24-8-10-25(11-9-24)21(27)19-3-2-12-28-19/h2-3,12-16H,4-11H2,1H3. The normalized spacial score (nSPS) is 18.4. The number of furan rings is 1. The first-order valence-corrected chi connectivity index (χ1v) is 9.94. The van der Waals surface area contributed by atoms with Crippen LogP contribution in [-0.4, -0.2) is 65.9 Å². The van der Waals surface area contributed by atoms with E-state index in [1.54, 1.807) is 28.1 Å². The van der Waals surface area contributed by atoms with Crippen LogP contribution in [0.1, 0.15) is 40.7 Å². The van der Waals surface area contributed by atoms with E-state index in [0.717, 1.165) is 24.7 Å². The molecular weight excluding hydrogens is 356 g/mol. The SMILES string of the molecule is CC1CCN(c2cncc(C(=O)N3CCN(C(=O)c4ccco4)CC3)c2)CC1. The predicted molar refractivity (Wildman–Crippen MR) is 105 cm³/mol. The maximum atomic E-state index is 12.9. The molecule has 2 aliphatic rings. The van der Waals surface area contributed by atoms with Gasteiger partial charge in [0.05, 0.1) is 23.7 Å². The summed E-state index contributed by atoms with van der Waals surface area (Å²) in [5.74, 6) is 0.951. The monoisotopic (exact) mass is 382 g/mol. The van der Waals surface area contributed by atoms with Crippen LogP contribution in [0.5, 0.6) is 0 Å². The van der Waals surface area contributed by atoms with Gasteiger partial charge in [0, 0.05) is 45.5 Å². The smallest absolute Gasteiger partial charge is 0.289 e. The minimum absolute atomic E-state index is 0.0233. The molecule has 148 valence electrons. The number of nitrogens with zero attached hydrogens (tertiary/aromatic N) is 4. The molecule has 2 amide bonds. The second-order valence-corrected chi connectivity index (χ2v) is 7.66. The number of hydrogen-bond donors (Lipinski definition) is 0. The summed E-state index contributed by atoms with van der Waals surface area (Å²) >= 11 is 0. The highest BCUT2D eigenvalue weighted by Gasteiger charge is 2.27. The molecule has 0 unspecified atom stereocenters. The summed E-state index contributed by atoms with van der Waals surface area (Å²) in [6, 6.07) is 5.32. The number of rotatable bonds is 3. The summed E-state index contributed by atoms with van der Waals surface area (Å²) in [5.41, 5.74) is 1.63. The molecule has 2 aromatic rings. The summed E-state index contributed by atoms with van der Waals surface area (Å²) in [7, 11) is 0. The van der Waals surface area contributed by atoms with Gasteiger partial charge in [-0.2, -0.15) is 0 Å². The van der Waals surface area contributed by atoms with Crippen LogP contribution >= 0.6 is 0 Å². The van der Waals surface area contributed by atoms with Gasteiger partial charge in [-0.05, 0) is 37.0 Å². The molecule has 0 aromatic carbocycles. The molecule has 0 saturated carbocycles. The van der Waals surface area contributed by atoms with Crippen molar-refractivity contribution >= 4 is 17.5 Å². The van der Waals surface area contributed by atoms with Gasteiger partial charge in [-0.25, -0.2) is 0 Å². The molecule has 0 radical (unpaired) electrons. The minimum Gasteiger partial charge on any atom is -0.459 e. The number of anilines is 1. The first-order valence-electron chi connectivity index (χ1n) is 9.94. The number of pyridine rings is 1. The van der Waals surface area contributed by atoms with Crippen LogP contribution in [0.25, 0.3) is 0 Å². The fraction of sp³-hybridized carbons (Fsp3) is 0.476. The topological polar surface area (TPSA) is 69.9 Å². The van der Waals surface area contributed by atoms with Gasteiger partial charge in [0.15, 0.2) is 5.76 Å². The summed E-state index contributed by atoms with van der Waals surface area (Å²) in [6.45, 7) is 6.33. The molecular formula is C21H26N4O3. The quantitative estimate of drug-likeness (QED) is 0.816. The number of hydrogen-bond acceptors (Lipinski definition) is 5. The zero-order valence-electron chi connectivity index (χ0n) is 16.2. The van der Waals surface area contributed by atoms with Crippen molar-refractivity contribution in [1.82, 2.24) is 14.8 Å². The van der Waals surface area contributed by atoms with Crippen LogP contribution in [0, 0.1) is 5.92 Å². The molecule has 2 saturated heterocycles. The van der Waals surface area contributed by atoms with Crippen molar-refractivity contribution in [3.63, 3.8) is 0 Å². The van der Waals surface area contributed by atoms with Gasteiger partial charge in [0.1, 0.15) is 0 Å². The van der Waals surface area contributed by atoms with E-state index < -0.39 is 0 Å². The molecule has 28 heavy (non-hydrogen) atoms. The van der Waals surface area contributed by atoms with Crippen LogP contribution in [0.15, 0.2) is 41.3 Å². The van der Waals surface area contributed by atoms with Crippen molar-refractivity contribution in [2.45, 2.75) is 19.8 Å². The van der Waals surface area contributed by atoms with Crippen molar-refractivity contribution < 1.29 is 14.0 Å². The number of amides is 2. The molecule has 2 aliphatic heterocycles. The number of carbonyl (C=O) groups is 2. The highest BCUT2D eigenvalue weighted by molar-refractivity contribution is 5.95. The Balaban J connectivity index is 1.37. The van der Waals surface area contributed by atoms with Gasteiger partial charge in [0.2, 0.25) is 0 Å². The fourth-order valence-corrected chi connectivity index (χ4v) is 3.84. The lowest BCUT2D eigenvalue weighted by molar-refractivity contribution is 0.0518. The molecule has 0 aliphatic carbocycles.